The lowest BCUT2D eigenvalue weighted by Gasteiger charge is -2.34. The third kappa shape index (κ3) is 5.67. The van der Waals surface area contributed by atoms with Gasteiger partial charge in [0.2, 0.25) is 11.6 Å². The molecule has 0 spiro atoms. The van der Waals surface area contributed by atoms with Crippen molar-refractivity contribution in [2.45, 2.75) is 37.0 Å². The number of carboxylic acids is 2. The van der Waals surface area contributed by atoms with E-state index in [1.54, 1.807) is 0 Å². The van der Waals surface area contributed by atoms with Crippen molar-refractivity contribution in [2.75, 3.05) is 0 Å². The molecule has 0 aliphatic rings. The second-order valence-corrected chi connectivity index (χ2v) is 6.95. The Bertz CT molecular complexity index is 962. The number of carbonyl (C=O) groups is 4. The lowest BCUT2D eigenvalue weighted by molar-refractivity contribution is -0.187. The number of carboxylic acid groups (broad SMARTS) is 2. The zero-order valence-corrected chi connectivity index (χ0v) is 17.7. The Hall–Kier alpha value is -3.91. The number of ketones is 2. The van der Waals surface area contributed by atoms with Crippen molar-refractivity contribution in [3.63, 3.8) is 0 Å². The maximum Gasteiger partial charge on any atom is 0.348 e. The molecule has 174 valence electrons. The van der Waals surface area contributed by atoms with Crippen molar-refractivity contribution in [3.8, 4) is 6.07 Å². The molecular weight excluding hydrogens is 432 g/mol. The van der Waals surface area contributed by atoms with E-state index in [1.807, 2.05) is 13.0 Å². The van der Waals surface area contributed by atoms with Crippen LogP contribution in [0.1, 0.15) is 40.5 Å². The first-order valence-electron chi connectivity index (χ1n) is 9.72. The fourth-order valence-electron chi connectivity index (χ4n) is 2.69. The number of aliphatic carboxylic acids is 2. The molecule has 0 bridgehead atoms. The predicted octanol–water partition coefficient (Wildman–Crippen LogP) is 1.02. The highest BCUT2D eigenvalue weighted by Gasteiger charge is 2.69. The zero-order valence-electron chi connectivity index (χ0n) is 17.7. The molecule has 0 saturated heterocycles. The summed E-state index contributed by atoms with van der Waals surface area (Å²) in [7, 11) is 0. The van der Waals surface area contributed by atoms with Gasteiger partial charge in [-0.1, -0.05) is 67.6 Å². The zero-order chi connectivity index (χ0) is 25.2. The highest BCUT2D eigenvalue weighted by Crippen LogP contribution is 2.31. The number of carbonyl (C=O) groups excluding carboxylic acids is 2. The van der Waals surface area contributed by atoms with Gasteiger partial charge in [-0.2, -0.15) is 5.26 Å². The molecule has 0 amide bonds. The first-order chi connectivity index (χ1) is 15.5. The Balaban J connectivity index is 0.000000675. The van der Waals surface area contributed by atoms with Crippen LogP contribution in [-0.2, 0) is 9.59 Å². The van der Waals surface area contributed by atoms with Gasteiger partial charge in [-0.05, 0) is 6.42 Å². The number of nitrogens with zero attached hydrogens (tertiary/aromatic N) is 1. The number of nitrogens with two attached hydrogens (primary N) is 1. The molecular formula is C23H24N2O8. The van der Waals surface area contributed by atoms with Crippen LogP contribution in [0.4, 0.5) is 0 Å². The third-order valence-corrected chi connectivity index (χ3v) is 4.75. The number of Topliss-reactive ketones (excluding diaryl/α,β-unsaturated/α-hetero) is 2. The van der Waals surface area contributed by atoms with E-state index in [0.29, 0.717) is 6.42 Å². The Morgan fingerprint density at radius 3 is 1.39 bits per heavy atom. The van der Waals surface area contributed by atoms with Gasteiger partial charge in [0.1, 0.15) is 0 Å². The van der Waals surface area contributed by atoms with E-state index < -0.39 is 45.8 Å². The second-order valence-electron chi connectivity index (χ2n) is 6.95. The van der Waals surface area contributed by atoms with Crippen molar-refractivity contribution < 1.29 is 39.6 Å². The molecule has 0 aromatic heterocycles. The molecule has 2 unspecified atom stereocenters. The van der Waals surface area contributed by atoms with Gasteiger partial charge in [-0.3, -0.25) is 9.59 Å². The van der Waals surface area contributed by atoms with Crippen LogP contribution in [0.3, 0.4) is 0 Å². The minimum Gasteiger partial charge on any atom is -0.479 e. The van der Waals surface area contributed by atoms with Crippen LogP contribution in [0.5, 0.6) is 0 Å². The first kappa shape index (κ1) is 27.1. The second kappa shape index (κ2) is 11.6. The Labute approximate surface area is 189 Å². The number of aliphatic hydroxyl groups is 2. The number of rotatable bonds is 9. The summed E-state index contributed by atoms with van der Waals surface area (Å²) >= 11 is 0. The summed E-state index contributed by atoms with van der Waals surface area (Å²) in [6.07, 6.45) is 1.38. The molecule has 0 saturated carbocycles. The molecule has 10 nitrogen and oxygen atoms in total. The van der Waals surface area contributed by atoms with Crippen LogP contribution >= 0.6 is 0 Å². The summed E-state index contributed by atoms with van der Waals surface area (Å²) < 4.78 is 0. The molecule has 0 aliphatic heterocycles. The van der Waals surface area contributed by atoms with Crippen LogP contribution in [-0.4, -0.2) is 61.2 Å². The molecule has 10 heteroatoms. The van der Waals surface area contributed by atoms with Crippen LogP contribution in [0, 0.1) is 11.3 Å². The fraction of sp³-hybridized carbons (Fsp3) is 0.261. The van der Waals surface area contributed by atoms with Crippen LogP contribution in [0.15, 0.2) is 60.7 Å². The van der Waals surface area contributed by atoms with Crippen LogP contribution in [0.2, 0.25) is 0 Å². The monoisotopic (exact) mass is 456 g/mol. The largest absolute Gasteiger partial charge is 0.479 e. The van der Waals surface area contributed by atoms with E-state index in [9.17, 15) is 39.6 Å². The highest BCUT2D eigenvalue weighted by molar-refractivity contribution is 6.28. The van der Waals surface area contributed by atoms with E-state index in [2.05, 4.69) is 0 Å². The molecule has 2 aromatic carbocycles. The van der Waals surface area contributed by atoms with Gasteiger partial charge in [0.05, 0.1) is 12.5 Å². The van der Waals surface area contributed by atoms with Gasteiger partial charge in [-0.15, -0.1) is 0 Å². The molecule has 33 heavy (non-hydrogen) atoms. The molecule has 2 rings (SSSR count). The quantitative estimate of drug-likeness (QED) is 0.268. The summed E-state index contributed by atoms with van der Waals surface area (Å²) in [6.45, 7) is 1.97. The summed E-state index contributed by atoms with van der Waals surface area (Å²) in [6, 6.07) is 14.9. The number of hydrogen-bond acceptors (Lipinski definition) is 8. The van der Waals surface area contributed by atoms with Crippen molar-refractivity contribution >= 4 is 23.5 Å². The average molecular weight is 456 g/mol. The lowest BCUT2D eigenvalue weighted by atomic mass is 9.73. The van der Waals surface area contributed by atoms with E-state index in [1.165, 1.54) is 36.4 Å². The minimum absolute atomic E-state index is 0.0880. The van der Waals surface area contributed by atoms with Gasteiger partial charge < -0.3 is 26.2 Å². The van der Waals surface area contributed by atoms with Crippen molar-refractivity contribution in [1.82, 2.24) is 0 Å². The normalized spacial score (nSPS) is 14.8. The lowest BCUT2D eigenvalue weighted by Crippen LogP contribution is -2.71. The summed E-state index contributed by atoms with van der Waals surface area (Å²) in [5.41, 5.74) is -3.32. The minimum atomic E-state index is -3.95. The van der Waals surface area contributed by atoms with Gasteiger partial charge in [0.25, 0.3) is 11.2 Å². The molecule has 0 fully saturated rings. The molecule has 0 aliphatic carbocycles. The number of hydrogen-bond donors (Lipinski definition) is 5. The fourth-order valence-corrected chi connectivity index (χ4v) is 2.69. The molecule has 0 heterocycles. The Morgan fingerprint density at radius 2 is 1.18 bits per heavy atom. The van der Waals surface area contributed by atoms with Crippen LogP contribution < -0.4 is 5.73 Å². The highest BCUT2D eigenvalue weighted by atomic mass is 16.5. The van der Waals surface area contributed by atoms with Crippen molar-refractivity contribution in [3.05, 3.63) is 71.8 Å². The smallest absolute Gasteiger partial charge is 0.348 e. The van der Waals surface area contributed by atoms with Crippen molar-refractivity contribution in [2.24, 2.45) is 5.73 Å². The Kier molecular flexibility index (Phi) is 9.56. The summed E-state index contributed by atoms with van der Waals surface area (Å²) in [4.78, 5) is 48.5. The standard InChI is InChI=1S/C18H14O8.C5H10N2/c19-13(11-7-3-1-4-8-11)17(25,15(21)22)18(26,16(23)24)14(20)12-9-5-2-6-10-12;1-2-5(7)3-4-6/h1-10,25-26H,(H,21,22)(H,23,24);5H,2-3,7H2,1H3/t;5-/m.1/s1. The summed E-state index contributed by atoms with van der Waals surface area (Å²) in [5.74, 6) is -8.03. The Morgan fingerprint density at radius 1 is 0.848 bits per heavy atom. The topological polar surface area (TPSA) is 199 Å². The number of benzene rings is 2. The van der Waals surface area contributed by atoms with Gasteiger partial charge >= 0.3 is 11.9 Å². The molecule has 3 atom stereocenters. The molecule has 6 N–H and O–H groups in total. The van der Waals surface area contributed by atoms with Crippen molar-refractivity contribution in [1.29, 1.82) is 5.26 Å². The predicted molar refractivity (Wildman–Crippen MR) is 115 cm³/mol. The number of nitriles is 1. The van der Waals surface area contributed by atoms with Gasteiger partial charge in [0.15, 0.2) is 0 Å². The van der Waals surface area contributed by atoms with Gasteiger partial charge in [0, 0.05) is 17.2 Å². The van der Waals surface area contributed by atoms with E-state index in [-0.39, 0.29) is 6.04 Å². The van der Waals surface area contributed by atoms with E-state index >= 15 is 0 Å². The van der Waals surface area contributed by atoms with Crippen LogP contribution in [0.25, 0.3) is 0 Å². The first-order valence-corrected chi connectivity index (χ1v) is 9.72. The average Bonchev–Trinajstić information content (AvgIpc) is 2.83. The SMILES string of the molecule is CC[C@@H](N)CC#N.O=C(O)C(O)(C(=O)c1ccccc1)C(O)(C(=O)O)C(=O)c1ccccc1. The van der Waals surface area contributed by atoms with E-state index in [4.69, 9.17) is 11.0 Å². The maximum atomic E-state index is 12.6. The molecule has 0 radical (unpaired) electrons. The maximum absolute atomic E-state index is 12.6. The molecule has 2 aromatic rings. The van der Waals surface area contributed by atoms with E-state index in [0.717, 1.165) is 30.7 Å². The summed E-state index contributed by atoms with van der Waals surface area (Å²) in [5, 5.41) is 47.9. The van der Waals surface area contributed by atoms with Gasteiger partial charge in [-0.25, -0.2) is 9.59 Å². The third-order valence-electron chi connectivity index (χ3n) is 4.75.